The number of rotatable bonds is 11. The third kappa shape index (κ3) is 8.64. The second-order valence-electron chi connectivity index (χ2n) is 14.0. The van der Waals surface area contributed by atoms with E-state index in [2.05, 4.69) is 39.0 Å². The van der Waals surface area contributed by atoms with Crippen molar-refractivity contribution in [1.82, 2.24) is 19.1 Å². The fraction of sp³-hybridized carbons (Fsp3) is 0.500. The molecule has 1 aliphatic rings. The summed E-state index contributed by atoms with van der Waals surface area (Å²) in [6.07, 6.45) is 0.984. The highest BCUT2D eigenvalue weighted by atomic mass is 32.2. The van der Waals surface area contributed by atoms with E-state index >= 15 is 0 Å². The van der Waals surface area contributed by atoms with Gasteiger partial charge in [-0.1, -0.05) is 55.6 Å². The molecule has 1 aromatic heterocycles. The van der Waals surface area contributed by atoms with Gasteiger partial charge < -0.3 is 14.1 Å². The Kier molecular flexibility index (Phi) is 10.7. The topological polar surface area (TPSA) is 146 Å². The first-order chi connectivity index (χ1) is 21.8. The lowest BCUT2D eigenvalue weighted by molar-refractivity contribution is -0.384. The number of nitrogens with zero attached hydrogens (tertiary/aromatic N) is 5. The molecule has 15 heteroatoms. The van der Waals surface area contributed by atoms with Crippen LogP contribution >= 0.6 is 0 Å². The number of nitro benzene ring substituents is 1. The zero-order valence-electron chi connectivity index (χ0n) is 28.3. The highest BCUT2D eigenvalue weighted by Crippen LogP contribution is 2.38. The lowest BCUT2D eigenvalue weighted by Crippen LogP contribution is -2.48. The van der Waals surface area contributed by atoms with Crippen molar-refractivity contribution in [2.75, 3.05) is 13.2 Å². The molecular formula is C32H45N5O8SSi. The van der Waals surface area contributed by atoms with Crippen molar-refractivity contribution in [3.05, 3.63) is 87.7 Å². The van der Waals surface area contributed by atoms with Crippen LogP contribution < -0.4 is 0 Å². The molecule has 47 heavy (non-hydrogen) atoms. The summed E-state index contributed by atoms with van der Waals surface area (Å²) in [4.78, 5) is 31.5. The van der Waals surface area contributed by atoms with Crippen molar-refractivity contribution in [2.45, 2.75) is 95.9 Å². The summed E-state index contributed by atoms with van der Waals surface area (Å²) in [7, 11) is -6.49. The van der Waals surface area contributed by atoms with E-state index < -0.39 is 41.0 Å². The Morgan fingerprint density at radius 3 is 2.28 bits per heavy atom. The summed E-state index contributed by atoms with van der Waals surface area (Å²) in [5, 5.41) is 15.9. The lowest BCUT2D eigenvalue weighted by atomic mass is 10.0. The van der Waals surface area contributed by atoms with E-state index in [1.54, 1.807) is 43.8 Å². The Labute approximate surface area is 277 Å². The molecule has 2 aromatic carbocycles. The monoisotopic (exact) mass is 687 g/mol. The van der Waals surface area contributed by atoms with Gasteiger partial charge in [-0.2, -0.15) is 5.10 Å². The Morgan fingerprint density at radius 2 is 1.70 bits per heavy atom. The molecule has 13 nitrogen and oxygen atoms in total. The average molecular weight is 688 g/mol. The predicted molar refractivity (Wildman–Crippen MR) is 178 cm³/mol. The Bertz CT molecular complexity index is 1670. The molecular weight excluding hydrogens is 643 g/mol. The van der Waals surface area contributed by atoms with Gasteiger partial charge in [-0.15, -0.1) is 0 Å². The maximum Gasteiger partial charge on any atom is 0.410 e. The van der Waals surface area contributed by atoms with E-state index in [0.717, 1.165) is 22.2 Å². The third-order valence-corrected chi connectivity index (χ3v) is 14.6. The number of carbonyl (C=O) groups excluding carboxylic acids is 1. The number of non-ortho nitro benzene ring substituents is 1. The molecule has 0 fully saturated rings. The second-order valence-corrected chi connectivity index (χ2v) is 20.6. The number of hydrogen-bond donors (Lipinski definition) is 0. The highest BCUT2D eigenvalue weighted by molar-refractivity contribution is 7.89. The van der Waals surface area contributed by atoms with Gasteiger partial charge in [0.25, 0.3) is 15.7 Å². The van der Waals surface area contributed by atoms with Crippen molar-refractivity contribution < 1.29 is 32.1 Å². The van der Waals surface area contributed by atoms with Crippen LogP contribution in [0.3, 0.4) is 0 Å². The number of nitro groups is 1. The summed E-state index contributed by atoms with van der Waals surface area (Å²) in [6.45, 7) is 16.8. The van der Waals surface area contributed by atoms with Crippen molar-refractivity contribution in [1.29, 1.82) is 0 Å². The Morgan fingerprint density at radius 1 is 1.06 bits per heavy atom. The van der Waals surface area contributed by atoms with Crippen LogP contribution in [0.2, 0.25) is 18.1 Å². The number of carbonyl (C=O) groups is 1. The van der Waals surface area contributed by atoms with Crippen LogP contribution in [0.1, 0.15) is 64.4 Å². The van der Waals surface area contributed by atoms with Crippen molar-refractivity contribution >= 4 is 30.1 Å². The molecule has 0 bridgehead atoms. The molecule has 1 amide bonds. The smallest absolute Gasteiger partial charge is 0.410 e. The minimum Gasteiger partial charge on any atom is -0.444 e. The Hall–Kier alpha value is -3.63. The molecule has 1 unspecified atom stereocenters. The summed E-state index contributed by atoms with van der Waals surface area (Å²) < 4.78 is 43.3. The quantitative estimate of drug-likeness (QED) is 0.126. The summed E-state index contributed by atoms with van der Waals surface area (Å²) in [6, 6.07) is 12.6. The molecule has 0 saturated carbocycles. The number of fused-ring (bicyclic) bond motifs is 1. The van der Waals surface area contributed by atoms with Crippen LogP contribution in [0.15, 0.2) is 65.7 Å². The number of sulfonamides is 1. The second kappa shape index (κ2) is 13.8. The number of hydroxylamine groups is 1. The van der Waals surface area contributed by atoms with Gasteiger partial charge in [0.15, 0.2) is 8.32 Å². The van der Waals surface area contributed by atoms with E-state index in [-0.39, 0.29) is 35.3 Å². The van der Waals surface area contributed by atoms with Crippen LogP contribution in [0.25, 0.3) is 0 Å². The van der Waals surface area contributed by atoms with E-state index in [4.69, 9.17) is 14.0 Å². The molecule has 0 aliphatic carbocycles. The molecule has 1 atom stereocenters. The molecule has 256 valence electrons. The third-order valence-electron chi connectivity index (χ3n) is 8.34. The minimum absolute atomic E-state index is 0.0119. The van der Waals surface area contributed by atoms with E-state index in [1.165, 1.54) is 17.0 Å². The van der Waals surface area contributed by atoms with Gasteiger partial charge in [0.1, 0.15) is 5.60 Å². The van der Waals surface area contributed by atoms with Crippen molar-refractivity contribution in [3.63, 3.8) is 0 Å². The predicted octanol–water partition coefficient (Wildman–Crippen LogP) is 6.43. The first kappa shape index (κ1) is 36.2. The molecule has 2 heterocycles. The van der Waals surface area contributed by atoms with Gasteiger partial charge in [-0.05, 0) is 56.6 Å². The molecule has 0 spiro atoms. The van der Waals surface area contributed by atoms with Gasteiger partial charge in [0, 0.05) is 24.2 Å². The Balaban J connectivity index is 1.76. The summed E-state index contributed by atoms with van der Waals surface area (Å²) in [5.41, 5.74) is 0.861. The van der Waals surface area contributed by atoms with Crippen molar-refractivity contribution in [3.8, 4) is 0 Å². The van der Waals surface area contributed by atoms with E-state index in [9.17, 15) is 23.3 Å². The average Bonchev–Trinajstić information content (AvgIpc) is 3.39. The molecule has 0 N–H and O–H groups in total. The highest BCUT2D eigenvalue weighted by Gasteiger charge is 2.43. The number of ether oxygens (including phenoxy) is 1. The van der Waals surface area contributed by atoms with Crippen LogP contribution in [-0.4, -0.2) is 65.7 Å². The zero-order valence-corrected chi connectivity index (χ0v) is 30.1. The van der Waals surface area contributed by atoms with Crippen LogP contribution in [0, 0.1) is 10.1 Å². The van der Waals surface area contributed by atoms with Gasteiger partial charge in [-0.25, -0.2) is 13.2 Å². The molecule has 4 rings (SSSR count). The van der Waals surface area contributed by atoms with Crippen molar-refractivity contribution in [2.24, 2.45) is 0 Å². The van der Waals surface area contributed by atoms with Gasteiger partial charge in [0.2, 0.25) is 0 Å². The van der Waals surface area contributed by atoms with E-state index in [1.807, 2.05) is 18.2 Å². The normalized spacial score (nSPS) is 15.9. The first-order valence-electron chi connectivity index (χ1n) is 15.4. The van der Waals surface area contributed by atoms with E-state index in [0.29, 0.717) is 24.4 Å². The van der Waals surface area contributed by atoms with Crippen LogP contribution in [-0.2, 0) is 43.7 Å². The largest absolute Gasteiger partial charge is 0.444 e. The zero-order chi connectivity index (χ0) is 34.8. The fourth-order valence-corrected chi connectivity index (χ4v) is 7.18. The molecule has 1 aliphatic heterocycles. The standard InChI is InChI=1S/C32H45N5O8SSi/c1-31(2,3)45-30(38)34-21-28-27(20-33-35(28)18-19-44-47(7,8)32(4,5)6)29(22-34)37(43-23-24-12-10-9-11-13-24)46(41,42)26-16-14-25(15-17-26)36(39)40/h9-17,20,29H,18-19,21-23H2,1-8H3. The maximum atomic E-state index is 14.3. The summed E-state index contributed by atoms with van der Waals surface area (Å²) in [5.74, 6) is 0. The van der Waals surface area contributed by atoms with Crippen LogP contribution in [0.5, 0.6) is 0 Å². The maximum absolute atomic E-state index is 14.3. The first-order valence-corrected chi connectivity index (χ1v) is 19.8. The molecule has 0 radical (unpaired) electrons. The molecule has 3 aromatic rings. The number of amides is 1. The number of benzene rings is 2. The van der Waals surface area contributed by atoms with Gasteiger partial charge in [-0.3, -0.25) is 19.6 Å². The minimum atomic E-state index is -4.43. The number of hydrogen-bond acceptors (Lipinski definition) is 9. The lowest BCUT2D eigenvalue weighted by Gasteiger charge is -2.38. The van der Waals surface area contributed by atoms with Gasteiger partial charge >= 0.3 is 6.09 Å². The SMILES string of the molecule is CC(C)(C)OC(=O)N1Cc2c(cnn2CCO[Si](C)(C)C(C)(C)C)C(N(OCc2ccccc2)S(=O)(=O)c2ccc([N+](=O)[O-])cc2)C1. The summed E-state index contributed by atoms with van der Waals surface area (Å²) >= 11 is 0. The van der Waals surface area contributed by atoms with Gasteiger partial charge in [0.05, 0.1) is 54.1 Å². The number of aromatic nitrogens is 2. The molecule has 0 saturated heterocycles. The fourth-order valence-electron chi connectivity index (χ4n) is 4.75. The van der Waals surface area contributed by atoms with Crippen LogP contribution in [0.4, 0.5) is 10.5 Å².